The molecule has 10 heteroatoms. The number of rotatable bonds is 16. The van der Waals surface area contributed by atoms with Gasteiger partial charge in [0.2, 0.25) is 0 Å². The largest absolute Gasteiger partial charge is 0.381 e. The van der Waals surface area contributed by atoms with Crippen LogP contribution in [0.3, 0.4) is 0 Å². The SMILES string of the molecule is C=[N+](C)C(=CC(=CC)COCN(C)C(=CC=NC)C(c1nc2cccnc2s1)N(C)C)N(CC)CCOC. The van der Waals surface area contributed by atoms with E-state index in [-0.39, 0.29) is 6.04 Å². The van der Waals surface area contributed by atoms with Crippen LogP contribution in [0.4, 0.5) is 0 Å². The molecule has 0 aliphatic carbocycles. The van der Waals surface area contributed by atoms with E-state index in [9.17, 15) is 0 Å². The second kappa shape index (κ2) is 16.1. The van der Waals surface area contributed by atoms with Crippen molar-refractivity contribution >= 4 is 34.6 Å². The van der Waals surface area contributed by atoms with Crippen molar-refractivity contribution in [3.8, 4) is 0 Å². The summed E-state index contributed by atoms with van der Waals surface area (Å²) in [4.78, 5) is 21.0. The molecule has 0 fully saturated rings. The van der Waals surface area contributed by atoms with Crippen molar-refractivity contribution in [3.63, 3.8) is 0 Å². The normalized spacial score (nSPS) is 14.1. The van der Waals surface area contributed by atoms with Crippen molar-refractivity contribution in [2.45, 2.75) is 19.9 Å². The van der Waals surface area contributed by atoms with Crippen LogP contribution in [0.25, 0.3) is 10.3 Å². The van der Waals surface area contributed by atoms with Gasteiger partial charge in [-0.15, -0.1) is 0 Å². The van der Waals surface area contributed by atoms with Crippen LogP contribution in [0, 0.1) is 0 Å². The van der Waals surface area contributed by atoms with E-state index in [1.165, 1.54) is 0 Å². The Morgan fingerprint density at radius 3 is 2.66 bits per heavy atom. The first-order valence-corrected chi connectivity index (χ1v) is 13.5. The molecule has 2 rings (SSSR count). The molecule has 38 heavy (non-hydrogen) atoms. The van der Waals surface area contributed by atoms with Crippen molar-refractivity contribution in [1.82, 2.24) is 24.7 Å². The van der Waals surface area contributed by atoms with Crippen molar-refractivity contribution in [2.24, 2.45) is 4.99 Å². The highest BCUT2D eigenvalue weighted by Crippen LogP contribution is 2.33. The van der Waals surface area contributed by atoms with Crippen LogP contribution in [-0.2, 0) is 9.47 Å². The number of fused-ring (bicyclic) bond motifs is 1. The molecule has 0 aromatic carbocycles. The number of hydrogen-bond donors (Lipinski definition) is 0. The zero-order valence-corrected chi connectivity index (χ0v) is 25.0. The van der Waals surface area contributed by atoms with E-state index in [2.05, 4.69) is 64.6 Å². The van der Waals surface area contributed by atoms with Crippen molar-refractivity contribution in [1.29, 1.82) is 0 Å². The Balaban J connectivity index is 2.21. The lowest BCUT2D eigenvalue weighted by Crippen LogP contribution is -2.32. The number of hydrogen-bond acceptors (Lipinski definition) is 9. The highest BCUT2D eigenvalue weighted by atomic mass is 32.1. The minimum atomic E-state index is -0.0767. The Bertz CT molecular complexity index is 1120. The van der Waals surface area contributed by atoms with E-state index in [1.807, 2.05) is 50.0 Å². The summed E-state index contributed by atoms with van der Waals surface area (Å²) in [5.41, 5.74) is 3.01. The summed E-state index contributed by atoms with van der Waals surface area (Å²) in [5, 5.41) is 0.974. The van der Waals surface area contributed by atoms with E-state index < -0.39 is 0 Å². The van der Waals surface area contributed by atoms with E-state index >= 15 is 0 Å². The molecule has 208 valence electrons. The second-order valence-corrected chi connectivity index (χ2v) is 10.1. The number of likely N-dealkylation sites (N-methyl/N-ethyl adjacent to an activating group) is 3. The average Bonchev–Trinajstić information content (AvgIpc) is 3.32. The molecule has 0 N–H and O–H groups in total. The van der Waals surface area contributed by atoms with Gasteiger partial charge in [-0.25, -0.2) is 14.5 Å². The maximum Gasteiger partial charge on any atom is 0.276 e. The lowest BCUT2D eigenvalue weighted by atomic mass is 10.1. The summed E-state index contributed by atoms with van der Waals surface area (Å²) in [7, 11) is 11.6. The van der Waals surface area contributed by atoms with Gasteiger partial charge in [0.25, 0.3) is 5.82 Å². The highest BCUT2D eigenvalue weighted by molar-refractivity contribution is 7.18. The van der Waals surface area contributed by atoms with Crippen molar-refractivity contribution in [3.05, 3.63) is 58.7 Å². The first-order valence-electron chi connectivity index (χ1n) is 12.7. The molecule has 0 aliphatic heterocycles. The van der Waals surface area contributed by atoms with Gasteiger partial charge in [0.05, 0.1) is 33.5 Å². The maximum atomic E-state index is 6.21. The minimum absolute atomic E-state index is 0.0767. The lowest BCUT2D eigenvalue weighted by molar-refractivity contribution is -0.455. The Morgan fingerprint density at radius 2 is 2.08 bits per heavy atom. The van der Waals surface area contributed by atoms with E-state index in [0.717, 1.165) is 45.5 Å². The predicted molar refractivity (Wildman–Crippen MR) is 159 cm³/mol. The molecule has 0 bridgehead atoms. The summed E-state index contributed by atoms with van der Waals surface area (Å²) in [6, 6.07) is 3.84. The molecular weight excluding hydrogens is 498 g/mol. The topological polar surface area (TPSA) is 69.3 Å². The predicted octanol–water partition coefficient (Wildman–Crippen LogP) is 3.88. The van der Waals surface area contributed by atoms with Gasteiger partial charge in [-0.3, -0.25) is 14.8 Å². The number of aliphatic imine (C=N–C) groups is 1. The van der Waals surface area contributed by atoms with Crippen LogP contribution in [0.5, 0.6) is 0 Å². The van der Waals surface area contributed by atoms with Gasteiger partial charge in [-0.2, -0.15) is 0 Å². The molecule has 1 atom stereocenters. The molecule has 2 aromatic heterocycles. The maximum absolute atomic E-state index is 6.21. The zero-order chi connectivity index (χ0) is 28.1. The van der Waals surface area contributed by atoms with Gasteiger partial charge in [0.15, 0.2) is 0 Å². The van der Waals surface area contributed by atoms with Crippen LogP contribution in [0.15, 0.2) is 58.6 Å². The van der Waals surface area contributed by atoms with Gasteiger partial charge >= 0.3 is 0 Å². The van der Waals surface area contributed by atoms with E-state index in [4.69, 9.17) is 14.5 Å². The Kier molecular flexibility index (Phi) is 13.3. The molecule has 9 nitrogen and oxygen atoms in total. The summed E-state index contributed by atoms with van der Waals surface area (Å²) in [6.07, 6.45) is 9.84. The van der Waals surface area contributed by atoms with Crippen LogP contribution >= 0.6 is 11.3 Å². The zero-order valence-electron chi connectivity index (χ0n) is 24.2. The third-order valence-corrected chi connectivity index (χ3v) is 6.98. The second-order valence-electron chi connectivity index (χ2n) is 9.06. The molecule has 2 aromatic rings. The monoisotopic (exact) mass is 542 g/mol. The number of ether oxygens (including phenoxy) is 2. The third-order valence-electron chi connectivity index (χ3n) is 5.95. The van der Waals surface area contributed by atoms with E-state index in [0.29, 0.717) is 19.9 Å². The third kappa shape index (κ3) is 8.83. The van der Waals surface area contributed by atoms with Gasteiger partial charge in [0.1, 0.15) is 34.7 Å². The molecule has 0 amide bonds. The molecule has 0 aliphatic rings. The Morgan fingerprint density at radius 1 is 1.32 bits per heavy atom. The smallest absolute Gasteiger partial charge is 0.276 e. The standard InChI is InChI=1S/C28H44N7O2S/c1-10-22(19-25(32(4)5)35(11-2)17-18-36-9)20-37-21-34(8)24(14-16-29-3)26(33(6)7)28-31-23-13-12-15-30-27(23)38-28/h10,12-16,19,26H,4,11,17-18,20-21H2,1-3,5-9H3/q+1. The fraction of sp³-hybridized carbons (Fsp3) is 0.500. The number of aromatic nitrogens is 2. The molecule has 2 heterocycles. The summed E-state index contributed by atoms with van der Waals surface area (Å²) < 4.78 is 13.4. The van der Waals surface area contributed by atoms with Crippen molar-refractivity contribution in [2.75, 3.05) is 75.4 Å². The van der Waals surface area contributed by atoms with Crippen LogP contribution in [-0.4, -0.2) is 118 Å². The summed E-state index contributed by atoms with van der Waals surface area (Å²) in [6.45, 7) is 11.4. The highest BCUT2D eigenvalue weighted by Gasteiger charge is 2.26. The number of thiazole rings is 1. The van der Waals surface area contributed by atoms with Gasteiger partial charge in [-0.05, 0) is 51.7 Å². The van der Waals surface area contributed by atoms with Gasteiger partial charge < -0.3 is 14.4 Å². The van der Waals surface area contributed by atoms with Crippen LogP contribution < -0.4 is 0 Å². The van der Waals surface area contributed by atoms with Crippen LogP contribution in [0.2, 0.25) is 0 Å². The number of pyridine rings is 1. The lowest BCUT2D eigenvalue weighted by Gasteiger charge is -2.32. The molecule has 0 radical (unpaired) electrons. The minimum Gasteiger partial charge on any atom is -0.381 e. The molecule has 1 unspecified atom stereocenters. The first kappa shape index (κ1) is 31.3. The van der Waals surface area contributed by atoms with Gasteiger partial charge in [0, 0.05) is 45.4 Å². The Hall–Kier alpha value is -2.92. The quantitative estimate of drug-likeness (QED) is 0.138. The number of allylic oxidation sites excluding steroid dienone is 2. The van der Waals surface area contributed by atoms with Crippen molar-refractivity contribution < 1.29 is 14.0 Å². The molecule has 0 saturated carbocycles. The van der Waals surface area contributed by atoms with Gasteiger partial charge in [-0.1, -0.05) is 17.4 Å². The van der Waals surface area contributed by atoms with Crippen LogP contribution in [0.1, 0.15) is 24.9 Å². The fourth-order valence-electron chi connectivity index (χ4n) is 3.92. The number of methoxy groups -OCH3 is 1. The molecule has 0 saturated heterocycles. The molecular formula is C28H44N7O2S+. The average molecular weight is 543 g/mol. The number of nitrogens with zero attached hydrogens (tertiary/aromatic N) is 7. The summed E-state index contributed by atoms with van der Waals surface area (Å²) >= 11 is 1.61. The Labute approximate surface area is 232 Å². The first-order chi connectivity index (χ1) is 18.3. The van der Waals surface area contributed by atoms with E-state index in [1.54, 1.807) is 31.7 Å². The fourth-order valence-corrected chi connectivity index (χ4v) is 5.04. The summed E-state index contributed by atoms with van der Waals surface area (Å²) in [5.74, 6) is 1.02. The molecule has 0 spiro atoms.